The van der Waals surface area contributed by atoms with Gasteiger partial charge in [0.05, 0.1) is 6.54 Å². The van der Waals surface area contributed by atoms with Crippen molar-refractivity contribution in [1.29, 1.82) is 0 Å². The van der Waals surface area contributed by atoms with Crippen molar-refractivity contribution in [2.45, 2.75) is 33.7 Å². The maximum Gasteiger partial charge on any atom is 0.329 e. The normalized spacial score (nSPS) is 15.2. The average molecular weight is 399 g/mol. The second-order valence-corrected chi connectivity index (χ2v) is 7.55. The standard InChI is InChI=1S/C25H25N3O2/c1-4-19-10-12-22(13-11-19)28-17(2)14-21(18(28)3)15-23-24(29)27(25(30)26-23)16-20-8-6-5-7-9-20/h5-15H,4,16H2,1-3H3,(H,26,30)/b23-15+. The number of amides is 3. The van der Waals surface area contributed by atoms with Crippen LogP contribution in [-0.2, 0) is 17.8 Å². The Morgan fingerprint density at radius 1 is 0.933 bits per heavy atom. The number of nitrogens with one attached hydrogen (secondary N) is 1. The van der Waals surface area contributed by atoms with Gasteiger partial charge in [-0.1, -0.05) is 49.4 Å². The first kappa shape index (κ1) is 19.7. The number of hydrogen-bond acceptors (Lipinski definition) is 2. The van der Waals surface area contributed by atoms with Crippen LogP contribution in [0.15, 0.2) is 66.4 Å². The van der Waals surface area contributed by atoms with Crippen LogP contribution in [0.4, 0.5) is 4.79 Å². The minimum Gasteiger partial charge on any atom is -0.318 e. The molecule has 0 aliphatic carbocycles. The Bertz CT molecular complexity index is 1130. The molecule has 0 saturated carbocycles. The zero-order valence-electron chi connectivity index (χ0n) is 17.5. The third kappa shape index (κ3) is 3.66. The van der Waals surface area contributed by atoms with E-state index in [0.717, 1.165) is 34.6 Å². The Labute approximate surface area is 176 Å². The number of nitrogens with zero attached hydrogens (tertiary/aromatic N) is 2. The predicted octanol–water partition coefficient (Wildman–Crippen LogP) is 4.75. The number of rotatable bonds is 5. The predicted molar refractivity (Wildman–Crippen MR) is 118 cm³/mol. The van der Waals surface area contributed by atoms with E-state index in [4.69, 9.17) is 0 Å². The summed E-state index contributed by atoms with van der Waals surface area (Å²) in [4.78, 5) is 26.5. The molecule has 1 saturated heterocycles. The number of urea groups is 1. The van der Waals surface area contributed by atoms with Gasteiger partial charge in [-0.25, -0.2) is 4.79 Å². The van der Waals surface area contributed by atoms with E-state index < -0.39 is 0 Å². The highest BCUT2D eigenvalue weighted by Crippen LogP contribution is 2.24. The smallest absolute Gasteiger partial charge is 0.318 e. The average Bonchev–Trinajstić information content (AvgIpc) is 3.18. The van der Waals surface area contributed by atoms with Gasteiger partial charge in [0.2, 0.25) is 0 Å². The van der Waals surface area contributed by atoms with Crippen molar-refractivity contribution < 1.29 is 9.59 Å². The Balaban J connectivity index is 1.62. The van der Waals surface area contributed by atoms with Gasteiger partial charge in [-0.05, 0) is 61.2 Å². The molecule has 1 aliphatic heterocycles. The van der Waals surface area contributed by atoms with Gasteiger partial charge in [0.25, 0.3) is 5.91 Å². The molecule has 1 fully saturated rings. The second kappa shape index (κ2) is 8.03. The molecule has 5 nitrogen and oxygen atoms in total. The number of carbonyl (C=O) groups is 2. The van der Waals surface area contributed by atoms with Crippen molar-refractivity contribution in [3.05, 3.63) is 94.4 Å². The molecule has 0 spiro atoms. The lowest BCUT2D eigenvalue weighted by Gasteiger charge is -2.11. The van der Waals surface area contributed by atoms with Crippen LogP contribution in [0.3, 0.4) is 0 Å². The van der Waals surface area contributed by atoms with Crippen LogP contribution in [0.5, 0.6) is 0 Å². The minimum absolute atomic E-state index is 0.256. The van der Waals surface area contributed by atoms with Crippen molar-refractivity contribution in [2.24, 2.45) is 0 Å². The molecule has 1 aliphatic rings. The van der Waals surface area contributed by atoms with E-state index >= 15 is 0 Å². The molecule has 2 heterocycles. The van der Waals surface area contributed by atoms with Crippen molar-refractivity contribution in [3.8, 4) is 5.69 Å². The minimum atomic E-state index is -0.390. The number of benzene rings is 2. The van der Waals surface area contributed by atoms with Gasteiger partial charge in [-0.15, -0.1) is 0 Å². The molecule has 5 heteroatoms. The van der Waals surface area contributed by atoms with E-state index in [0.29, 0.717) is 5.70 Å². The molecule has 0 radical (unpaired) electrons. The Hall–Kier alpha value is -3.60. The molecule has 2 aromatic carbocycles. The van der Waals surface area contributed by atoms with E-state index in [2.05, 4.69) is 41.1 Å². The molecule has 0 unspecified atom stereocenters. The molecule has 4 rings (SSSR count). The maximum atomic E-state index is 12.8. The zero-order chi connectivity index (χ0) is 21.3. The van der Waals surface area contributed by atoms with Gasteiger partial charge in [-0.3, -0.25) is 9.69 Å². The summed E-state index contributed by atoms with van der Waals surface area (Å²) in [5, 5.41) is 2.72. The summed E-state index contributed by atoms with van der Waals surface area (Å²) in [5.41, 5.74) is 6.60. The van der Waals surface area contributed by atoms with E-state index in [1.165, 1.54) is 10.5 Å². The van der Waals surface area contributed by atoms with Crippen LogP contribution in [0.25, 0.3) is 11.8 Å². The second-order valence-electron chi connectivity index (χ2n) is 7.55. The third-order valence-electron chi connectivity index (χ3n) is 5.52. The summed E-state index contributed by atoms with van der Waals surface area (Å²) >= 11 is 0. The summed E-state index contributed by atoms with van der Waals surface area (Å²) in [6, 6.07) is 19.6. The van der Waals surface area contributed by atoms with Crippen molar-refractivity contribution >= 4 is 18.0 Å². The fraction of sp³-hybridized carbons (Fsp3) is 0.200. The highest BCUT2D eigenvalue weighted by Gasteiger charge is 2.33. The Morgan fingerprint density at radius 2 is 1.63 bits per heavy atom. The summed E-state index contributed by atoms with van der Waals surface area (Å²) in [5.74, 6) is -0.305. The first-order valence-electron chi connectivity index (χ1n) is 10.1. The monoisotopic (exact) mass is 399 g/mol. The maximum absolute atomic E-state index is 12.8. The van der Waals surface area contributed by atoms with Crippen molar-refractivity contribution in [1.82, 2.24) is 14.8 Å². The van der Waals surface area contributed by atoms with Gasteiger partial charge in [0, 0.05) is 17.1 Å². The molecule has 30 heavy (non-hydrogen) atoms. The number of hydrogen-bond donors (Lipinski definition) is 1. The van der Waals surface area contributed by atoms with Crippen LogP contribution in [0.2, 0.25) is 0 Å². The summed E-state index contributed by atoms with van der Waals surface area (Å²) < 4.78 is 2.16. The molecular weight excluding hydrogens is 374 g/mol. The van der Waals surface area contributed by atoms with Gasteiger partial charge in [0.15, 0.2) is 0 Å². The molecule has 0 bridgehead atoms. The van der Waals surface area contributed by atoms with Crippen LogP contribution in [0.1, 0.15) is 35.0 Å². The SMILES string of the molecule is CCc1ccc(-n2c(C)cc(/C=C3/NC(=O)N(Cc4ccccc4)C3=O)c2C)cc1. The molecule has 0 atom stereocenters. The van der Waals surface area contributed by atoms with E-state index in [-0.39, 0.29) is 18.5 Å². The van der Waals surface area contributed by atoms with E-state index in [9.17, 15) is 9.59 Å². The first-order valence-corrected chi connectivity index (χ1v) is 10.1. The largest absolute Gasteiger partial charge is 0.329 e. The topological polar surface area (TPSA) is 54.3 Å². The zero-order valence-corrected chi connectivity index (χ0v) is 17.5. The molecular formula is C25H25N3O2. The molecule has 152 valence electrons. The van der Waals surface area contributed by atoms with Crippen LogP contribution in [-0.4, -0.2) is 21.4 Å². The van der Waals surface area contributed by atoms with Gasteiger partial charge < -0.3 is 9.88 Å². The number of aryl methyl sites for hydroxylation is 2. The van der Waals surface area contributed by atoms with Crippen LogP contribution in [0, 0.1) is 13.8 Å². The molecule has 1 aromatic heterocycles. The highest BCUT2D eigenvalue weighted by molar-refractivity contribution is 6.13. The fourth-order valence-corrected chi connectivity index (χ4v) is 3.85. The fourth-order valence-electron chi connectivity index (χ4n) is 3.85. The van der Waals surface area contributed by atoms with E-state index in [1.807, 2.05) is 50.2 Å². The number of carbonyl (C=O) groups excluding carboxylic acids is 2. The summed E-state index contributed by atoms with van der Waals surface area (Å²) in [6.07, 6.45) is 2.77. The third-order valence-corrected chi connectivity index (χ3v) is 5.52. The summed E-state index contributed by atoms with van der Waals surface area (Å²) in [7, 11) is 0. The lowest BCUT2D eigenvalue weighted by atomic mass is 10.1. The van der Waals surface area contributed by atoms with Gasteiger partial charge in [0.1, 0.15) is 5.70 Å². The Kier molecular flexibility index (Phi) is 5.27. The number of imide groups is 1. The van der Waals surface area contributed by atoms with Crippen LogP contribution < -0.4 is 5.32 Å². The lowest BCUT2D eigenvalue weighted by Crippen LogP contribution is -2.30. The molecule has 1 N–H and O–H groups in total. The van der Waals surface area contributed by atoms with E-state index in [1.54, 1.807) is 6.08 Å². The lowest BCUT2D eigenvalue weighted by molar-refractivity contribution is -0.123. The Morgan fingerprint density at radius 3 is 2.30 bits per heavy atom. The van der Waals surface area contributed by atoms with Crippen LogP contribution >= 0.6 is 0 Å². The summed E-state index contributed by atoms with van der Waals surface area (Å²) in [6.45, 7) is 6.46. The van der Waals surface area contributed by atoms with Gasteiger partial charge >= 0.3 is 6.03 Å². The quantitative estimate of drug-likeness (QED) is 0.497. The first-order chi connectivity index (χ1) is 14.5. The highest BCUT2D eigenvalue weighted by atomic mass is 16.2. The molecule has 3 amide bonds. The van der Waals surface area contributed by atoms with Crippen molar-refractivity contribution in [3.63, 3.8) is 0 Å². The van der Waals surface area contributed by atoms with Crippen molar-refractivity contribution in [2.75, 3.05) is 0 Å². The molecule has 3 aromatic rings. The number of aromatic nitrogens is 1. The van der Waals surface area contributed by atoms with Gasteiger partial charge in [-0.2, -0.15) is 0 Å².